The Morgan fingerprint density at radius 3 is 1.45 bits per heavy atom. The maximum Gasteiger partial charge on any atom is 0.0427 e. The van der Waals surface area contributed by atoms with Gasteiger partial charge in [-0.3, -0.25) is 0 Å². The minimum atomic E-state index is 0.907. The largest absolute Gasteiger partial charge is 0.398 e. The number of aryl methyl sites for hydroxylation is 2. The Hall–Kier alpha value is -1.70. The number of hydrogen-bond donors (Lipinski definition) is 2. The van der Waals surface area contributed by atoms with E-state index in [1.54, 1.807) is 0 Å². The van der Waals surface area contributed by atoms with E-state index < -0.39 is 0 Å². The van der Waals surface area contributed by atoms with Gasteiger partial charge in [-0.25, -0.2) is 0 Å². The van der Waals surface area contributed by atoms with Crippen LogP contribution in [0.15, 0.2) is 24.3 Å². The molecule has 2 aromatic carbocycles. The first-order chi connectivity index (χ1) is 9.69. The maximum atomic E-state index is 6.32. The highest BCUT2D eigenvalue weighted by Crippen LogP contribution is 2.32. The highest BCUT2D eigenvalue weighted by atomic mass is 14.6. The van der Waals surface area contributed by atoms with Crippen LogP contribution < -0.4 is 11.5 Å². The van der Waals surface area contributed by atoms with Crippen LogP contribution in [0.1, 0.15) is 50.7 Å². The summed E-state index contributed by atoms with van der Waals surface area (Å²) in [5.41, 5.74) is 17.0. The van der Waals surface area contributed by atoms with E-state index in [4.69, 9.17) is 11.5 Å². The van der Waals surface area contributed by atoms with Crippen molar-refractivity contribution in [1.29, 1.82) is 0 Å². The van der Waals surface area contributed by atoms with Gasteiger partial charge in [0.25, 0.3) is 0 Å². The molecular weight excluding hydrogens is 244 g/mol. The standard InChI is InChI=1S/C18H26N2/c1-3-5-7-13-9-11-16-15(17(13)19)12-10-14(18(16)20)8-6-4-2/h9-12H,3-8,19-20H2,1-2H3. The van der Waals surface area contributed by atoms with E-state index in [0.29, 0.717) is 0 Å². The molecule has 0 saturated heterocycles. The van der Waals surface area contributed by atoms with Gasteiger partial charge in [0.05, 0.1) is 0 Å². The molecule has 2 rings (SSSR count). The molecule has 2 heteroatoms. The van der Waals surface area contributed by atoms with E-state index >= 15 is 0 Å². The average molecular weight is 270 g/mol. The Balaban J connectivity index is 2.42. The lowest BCUT2D eigenvalue weighted by molar-refractivity contribution is 0.796. The van der Waals surface area contributed by atoms with Crippen LogP contribution >= 0.6 is 0 Å². The molecule has 0 aromatic heterocycles. The van der Waals surface area contributed by atoms with E-state index in [0.717, 1.165) is 35.0 Å². The molecular formula is C18H26N2. The quantitative estimate of drug-likeness (QED) is 0.748. The summed E-state index contributed by atoms with van der Waals surface area (Å²) in [5.74, 6) is 0. The second kappa shape index (κ2) is 6.65. The highest BCUT2D eigenvalue weighted by Gasteiger charge is 2.09. The summed E-state index contributed by atoms with van der Waals surface area (Å²) in [6, 6.07) is 8.57. The summed E-state index contributed by atoms with van der Waals surface area (Å²) in [7, 11) is 0. The molecule has 20 heavy (non-hydrogen) atoms. The molecule has 2 aromatic rings. The van der Waals surface area contributed by atoms with Crippen molar-refractivity contribution in [1.82, 2.24) is 0 Å². The number of rotatable bonds is 6. The second-order valence-corrected chi connectivity index (χ2v) is 5.58. The lowest BCUT2D eigenvalue weighted by Gasteiger charge is -2.13. The maximum absolute atomic E-state index is 6.32. The number of unbranched alkanes of at least 4 members (excludes halogenated alkanes) is 2. The number of nitrogens with two attached hydrogens (primary N) is 2. The van der Waals surface area contributed by atoms with Crippen LogP contribution in [-0.2, 0) is 12.8 Å². The van der Waals surface area contributed by atoms with Crippen LogP contribution in [0.5, 0.6) is 0 Å². The molecule has 0 saturated carbocycles. The summed E-state index contributed by atoms with van der Waals surface area (Å²) in [6.45, 7) is 4.41. The van der Waals surface area contributed by atoms with E-state index in [-0.39, 0.29) is 0 Å². The third kappa shape index (κ3) is 2.90. The van der Waals surface area contributed by atoms with Crippen molar-refractivity contribution in [2.45, 2.75) is 52.4 Å². The summed E-state index contributed by atoms with van der Waals surface area (Å²) >= 11 is 0. The van der Waals surface area contributed by atoms with E-state index in [1.165, 1.54) is 36.8 Å². The van der Waals surface area contributed by atoms with E-state index in [1.807, 2.05) is 0 Å². The first kappa shape index (κ1) is 14.7. The predicted molar refractivity (Wildman–Crippen MR) is 90.0 cm³/mol. The van der Waals surface area contributed by atoms with E-state index in [9.17, 15) is 0 Å². The van der Waals surface area contributed by atoms with Crippen LogP contribution in [0.25, 0.3) is 10.8 Å². The van der Waals surface area contributed by atoms with Gasteiger partial charge in [0, 0.05) is 22.1 Å². The molecule has 0 fully saturated rings. The van der Waals surface area contributed by atoms with Gasteiger partial charge in [0.15, 0.2) is 0 Å². The fourth-order valence-corrected chi connectivity index (χ4v) is 2.71. The predicted octanol–water partition coefficient (Wildman–Crippen LogP) is 4.69. The SMILES string of the molecule is CCCCc1ccc2c(N)c(CCCC)ccc2c1N. The van der Waals surface area contributed by atoms with Crippen molar-refractivity contribution in [3.8, 4) is 0 Å². The minimum Gasteiger partial charge on any atom is -0.398 e. The molecule has 0 amide bonds. The fourth-order valence-electron chi connectivity index (χ4n) is 2.71. The first-order valence-corrected chi connectivity index (χ1v) is 7.77. The number of nitrogen functional groups attached to an aromatic ring is 2. The number of hydrogen-bond acceptors (Lipinski definition) is 2. The molecule has 0 radical (unpaired) electrons. The van der Waals surface area contributed by atoms with E-state index in [2.05, 4.69) is 38.1 Å². The van der Waals surface area contributed by atoms with Crippen molar-refractivity contribution >= 4 is 22.1 Å². The average Bonchev–Trinajstić information content (AvgIpc) is 2.46. The smallest absolute Gasteiger partial charge is 0.0427 e. The lowest BCUT2D eigenvalue weighted by atomic mass is 9.96. The Labute approximate surface area is 122 Å². The zero-order valence-electron chi connectivity index (χ0n) is 12.7. The number of benzene rings is 2. The Morgan fingerprint density at radius 2 is 1.10 bits per heavy atom. The molecule has 0 aliphatic carbocycles. The van der Waals surface area contributed by atoms with Gasteiger partial charge in [-0.05, 0) is 36.8 Å². The summed E-state index contributed by atoms with van der Waals surface area (Å²) < 4.78 is 0. The monoisotopic (exact) mass is 270 g/mol. The normalized spacial score (nSPS) is 11.1. The topological polar surface area (TPSA) is 52.0 Å². The molecule has 2 nitrogen and oxygen atoms in total. The second-order valence-electron chi connectivity index (χ2n) is 5.58. The highest BCUT2D eigenvalue weighted by molar-refractivity contribution is 6.02. The fraction of sp³-hybridized carbons (Fsp3) is 0.444. The first-order valence-electron chi connectivity index (χ1n) is 7.77. The molecule has 4 N–H and O–H groups in total. The zero-order valence-corrected chi connectivity index (χ0v) is 12.7. The van der Waals surface area contributed by atoms with Crippen molar-refractivity contribution < 1.29 is 0 Å². The van der Waals surface area contributed by atoms with Gasteiger partial charge in [0.1, 0.15) is 0 Å². The van der Waals surface area contributed by atoms with Gasteiger partial charge in [-0.2, -0.15) is 0 Å². The lowest BCUT2D eigenvalue weighted by Crippen LogP contribution is -2.00. The Kier molecular flexibility index (Phi) is 4.89. The van der Waals surface area contributed by atoms with Crippen LogP contribution in [0.3, 0.4) is 0 Å². The van der Waals surface area contributed by atoms with Crippen LogP contribution in [0.4, 0.5) is 11.4 Å². The van der Waals surface area contributed by atoms with Crippen LogP contribution in [-0.4, -0.2) is 0 Å². The van der Waals surface area contributed by atoms with Crippen LogP contribution in [0.2, 0.25) is 0 Å². The summed E-state index contributed by atoms with van der Waals surface area (Å²) in [6.07, 6.45) is 6.84. The van der Waals surface area contributed by atoms with Gasteiger partial charge in [0.2, 0.25) is 0 Å². The molecule has 0 aliphatic rings. The van der Waals surface area contributed by atoms with Crippen LogP contribution in [0, 0.1) is 0 Å². The van der Waals surface area contributed by atoms with Gasteiger partial charge >= 0.3 is 0 Å². The minimum absolute atomic E-state index is 0.907. The third-order valence-electron chi connectivity index (χ3n) is 4.06. The van der Waals surface area contributed by atoms with Crippen molar-refractivity contribution in [2.24, 2.45) is 0 Å². The van der Waals surface area contributed by atoms with Crippen molar-refractivity contribution in [3.05, 3.63) is 35.4 Å². The number of fused-ring (bicyclic) bond motifs is 1. The van der Waals surface area contributed by atoms with Gasteiger partial charge < -0.3 is 11.5 Å². The summed E-state index contributed by atoms with van der Waals surface area (Å²) in [4.78, 5) is 0. The Morgan fingerprint density at radius 1 is 0.700 bits per heavy atom. The molecule has 108 valence electrons. The van der Waals surface area contributed by atoms with Crippen molar-refractivity contribution in [2.75, 3.05) is 11.5 Å². The molecule has 0 atom stereocenters. The third-order valence-corrected chi connectivity index (χ3v) is 4.06. The Bertz CT molecular complexity index is 534. The molecule has 0 unspecified atom stereocenters. The zero-order chi connectivity index (χ0) is 14.5. The molecule has 0 bridgehead atoms. The molecule has 0 aliphatic heterocycles. The van der Waals surface area contributed by atoms with Gasteiger partial charge in [-0.15, -0.1) is 0 Å². The molecule has 0 heterocycles. The summed E-state index contributed by atoms with van der Waals surface area (Å²) in [5, 5.41) is 2.22. The molecule has 0 spiro atoms. The van der Waals surface area contributed by atoms with Gasteiger partial charge in [-0.1, -0.05) is 51.0 Å². The van der Waals surface area contributed by atoms with Crippen molar-refractivity contribution in [3.63, 3.8) is 0 Å². The number of anilines is 2.